The lowest BCUT2D eigenvalue weighted by molar-refractivity contribution is 1.16. The third-order valence-electron chi connectivity index (χ3n) is 9.50. The molecule has 0 amide bonds. The number of nitrogens with zero attached hydrogens (tertiary/aromatic N) is 3. The molecule has 0 saturated carbocycles. The largest absolute Gasteiger partial charge is 0.309 e. The topological polar surface area (TPSA) is 14.8 Å². The van der Waals surface area contributed by atoms with Gasteiger partial charge in [-0.2, -0.15) is 0 Å². The molecule has 3 heteroatoms. The Balaban J connectivity index is 1.38. The third kappa shape index (κ3) is 4.66. The molecule has 0 bridgehead atoms. The van der Waals surface area contributed by atoms with Gasteiger partial charge in [-0.1, -0.05) is 157 Å². The van der Waals surface area contributed by atoms with Crippen LogP contribution in [0.4, 0.5) is 0 Å². The molecule has 0 saturated heterocycles. The van der Waals surface area contributed by atoms with Gasteiger partial charge in [0.1, 0.15) is 0 Å². The van der Waals surface area contributed by atoms with Crippen LogP contribution in [0, 0.1) is 0 Å². The van der Waals surface area contributed by atoms with E-state index in [4.69, 9.17) is 21.9 Å². The zero-order valence-electron chi connectivity index (χ0n) is 62.4. The van der Waals surface area contributed by atoms with Gasteiger partial charge in [-0.3, -0.25) is 0 Å². The number of para-hydroxylation sites is 5. The van der Waals surface area contributed by atoms with Gasteiger partial charge in [-0.25, -0.2) is 0 Å². The fourth-order valence-corrected chi connectivity index (χ4v) is 7.27. The van der Waals surface area contributed by atoms with Crippen molar-refractivity contribution in [1.29, 1.82) is 0 Å². The number of rotatable bonds is 5. The highest BCUT2D eigenvalue weighted by molar-refractivity contribution is 6.17. The van der Waals surface area contributed by atoms with Crippen molar-refractivity contribution >= 4 is 65.4 Å². The summed E-state index contributed by atoms with van der Waals surface area (Å²) in [5.41, 5.74) is -10.5. The van der Waals surface area contributed by atoms with E-state index >= 15 is 0 Å². The van der Waals surface area contributed by atoms with Crippen molar-refractivity contribution in [2.45, 2.75) is 0 Å². The molecule has 3 nitrogen and oxygen atoms in total. The predicted molar refractivity (Wildman–Crippen MR) is 240 cm³/mol. The summed E-state index contributed by atoms with van der Waals surface area (Å²) in [4.78, 5) is 0. The van der Waals surface area contributed by atoms with E-state index in [1.165, 1.54) is 0 Å². The minimum Gasteiger partial charge on any atom is -0.309 e. The molecule has 57 heavy (non-hydrogen) atoms. The van der Waals surface area contributed by atoms with Crippen LogP contribution >= 0.6 is 0 Å². The van der Waals surface area contributed by atoms with Gasteiger partial charge < -0.3 is 13.7 Å². The van der Waals surface area contributed by atoms with Crippen molar-refractivity contribution < 1.29 is 46.6 Å². The van der Waals surface area contributed by atoms with Crippen molar-refractivity contribution in [2.75, 3.05) is 0 Å². The van der Waals surface area contributed by atoms with Crippen LogP contribution < -0.4 is 0 Å². The SMILES string of the molecule is [2H]c1c([2H])c([2H])c(-c2c([2H])c([2H])c([2H])c(-c3c([2H])c([2H])c([2H])c([2H])c3[2H])c2-n2c3c([2H])c([2H])c(-n4c5c([2H])c([2H])c([2H])c([2H])c5c5c(-n6c7c([2H])c([2H])c([2H])c([2H])c7c7c([2H])c([2H])c([2H])c([2H])c76)c([2H])c([2H])c([2H])c54)cc3c3c([2H])c([2H])c([2H])c([2H])c32)c([2H])c1[2H]. The molecule has 12 aromatic rings. The highest BCUT2D eigenvalue weighted by atomic mass is 15.0. The first-order valence-corrected chi connectivity index (χ1v) is 16.8. The first kappa shape index (κ1) is 13.0. The summed E-state index contributed by atoms with van der Waals surface area (Å²) in [5, 5.41) is -3.58. The third-order valence-corrected chi connectivity index (χ3v) is 9.50. The maximum absolute atomic E-state index is 10.2. The number of fused-ring (bicyclic) bond motifs is 9. The lowest BCUT2D eigenvalue weighted by Gasteiger charge is -2.19. The zero-order chi connectivity index (χ0) is 67.0. The van der Waals surface area contributed by atoms with Crippen LogP contribution in [-0.4, -0.2) is 13.7 Å². The van der Waals surface area contributed by atoms with Crippen molar-refractivity contribution in [3.05, 3.63) is 212 Å². The Morgan fingerprint density at radius 1 is 0.298 bits per heavy atom. The Morgan fingerprint density at radius 2 is 0.737 bits per heavy atom. The van der Waals surface area contributed by atoms with Crippen molar-refractivity contribution in [1.82, 2.24) is 13.7 Å². The van der Waals surface area contributed by atoms with Crippen LogP contribution in [0.25, 0.3) is 105 Å². The van der Waals surface area contributed by atoms with Crippen LogP contribution in [0.3, 0.4) is 0 Å². The molecule has 0 fully saturated rings. The predicted octanol–water partition coefficient (Wildman–Crippen LogP) is 14.3. The molecular formula is C54H35N3. The smallest absolute Gasteiger partial charge is 0.0646 e. The second-order valence-corrected chi connectivity index (χ2v) is 12.4. The fraction of sp³-hybridized carbons (Fsp3) is 0. The van der Waals surface area contributed by atoms with Crippen molar-refractivity contribution in [2.24, 2.45) is 0 Å². The molecule has 3 aromatic heterocycles. The van der Waals surface area contributed by atoms with Crippen LogP contribution in [0.15, 0.2) is 212 Å². The summed E-state index contributed by atoms with van der Waals surface area (Å²) >= 11 is 0. The van der Waals surface area contributed by atoms with Gasteiger partial charge in [-0.05, 0) is 65.5 Å². The van der Waals surface area contributed by atoms with Crippen LogP contribution in [0.5, 0.6) is 0 Å². The lowest BCUT2D eigenvalue weighted by Crippen LogP contribution is -2.01. The lowest BCUT2D eigenvalue weighted by atomic mass is 9.95. The number of benzene rings is 9. The maximum Gasteiger partial charge on any atom is 0.0646 e. The van der Waals surface area contributed by atoms with E-state index in [0.29, 0.717) is 4.57 Å². The van der Waals surface area contributed by atoms with Gasteiger partial charge in [0, 0.05) is 49.1 Å². The van der Waals surface area contributed by atoms with Gasteiger partial charge in [0.05, 0.1) is 91.1 Å². The number of hydrogen-bond donors (Lipinski definition) is 0. The Hall–Kier alpha value is -7.62. The summed E-state index contributed by atoms with van der Waals surface area (Å²) in [6.07, 6.45) is 0. The first-order valence-electron chi connectivity index (χ1n) is 33.8. The highest BCUT2D eigenvalue weighted by Gasteiger charge is 2.22. The van der Waals surface area contributed by atoms with E-state index in [1.54, 1.807) is 0 Å². The normalized spacial score (nSPS) is 20.2. The number of hydrogen-bond acceptors (Lipinski definition) is 0. The van der Waals surface area contributed by atoms with Crippen molar-refractivity contribution in [3.63, 3.8) is 0 Å². The summed E-state index contributed by atoms with van der Waals surface area (Å²) in [6, 6.07) is -33.3. The molecule has 266 valence electrons. The minimum absolute atomic E-state index is 0.525. The average molecular weight is 760 g/mol. The monoisotopic (exact) mass is 759 g/mol. The van der Waals surface area contributed by atoms with Crippen LogP contribution in [-0.2, 0) is 0 Å². The minimum atomic E-state index is -1.15. The fourth-order valence-electron chi connectivity index (χ4n) is 7.27. The quantitative estimate of drug-likeness (QED) is 0.166. The highest BCUT2D eigenvalue weighted by Crippen LogP contribution is 2.44. The van der Waals surface area contributed by atoms with Gasteiger partial charge in [0.2, 0.25) is 0 Å². The second kappa shape index (κ2) is 12.5. The molecule has 3 heterocycles. The molecule has 0 radical (unpaired) electrons. The van der Waals surface area contributed by atoms with Gasteiger partial charge >= 0.3 is 0 Å². The van der Waals surface area contributed by atoms with E-state index < -0.39 is 310 Å². The Morgan fingerprint density at radius 3 is 1.33 bits per heavy atom. The summed E-state index contributed by atoms with van der Waals surface area (Å²) in [6.45, 7) is 0. The van der Waals surface area contributed by atoms with Gasteiger partial charge in [-0.15, -0.1) is 0 Å². The van der Waals surface area contributed by atoms with E-state index in [0.717, 1.165) is 15.2 Å². The molecule has 0 N–H and O–H groups in total. The molecule has 0 aliphatic rings. The van der Waals surface area contributed by atoms with E-state index in [9.17, 15) is 24.7 Å². The molecule has 9 aromatic carbocycles. The maximum atomic E-state index is 10.2. The molecule has 0 aliphatic heterocycles. The average Bonchev–Trinajstić information content (AvgIpc) is 1.55. The van der Waals surface area contributed by atoms with E-state index in [-0.39, 0.29) is 0 Å². The Kier molecular flexibility index (Phi) is 2.84. The van der Waals surface area contributed by atoms with Crippen LogP contribution in [0.2, 0.25) is 0 Å². The molecule has 12 rings (SSSR count). The molecular weight excluding hydrogens is 691 g/mol. The molecule has 0 spiro atoms. The first-order chi connectivity index (χ1) is 42.4. The van der Waals surface area contributed by atoms with Crippen LogP contribution in [0.1, 0.15) is 46.6 Å². The molecule has 0 aliphatic carbocycles. The van der Waals surface area contributed by atoms with Gasteiger partial charge in [0.25, 0.3) is 0 Å². The van der Waals surface area contributed by atoms with E-state index in [1.807, 2.05) is 0 Å². The Labute approximate surface area is 377 Å². The molecule has 0 atom stereocenters. The zero-order valence-corrected chi connectivity index (χ0v) is 28.4. The standard InChI is InChI=1S/C54H35N3/c1-3-17-36(18-4-1)39-25-15-26-40(37-19-5-2-6-20-37)54(39)57-48-29-13-9-23-43(48)45-35-38(33-34-50(45)57)55-49-30-14-10-24-44(49)53-51(55)31-16-32-52(53)56-46-27-11-7-21-41(46)42-22-8-12-28-47(42)56/h1-35H/i1D,2D,3D,4D,5D,6D,7D,8D,9D,10D,11D,12D,13D,14D,15D,16D,17D,18D,19D,20D,21D,22D,23D,24D,25D,26D,27D,28D,29D,30D,31D,32D,33D,34D. The Bertz CT molecular complexity index is 5290. The summed E-state index contributed by atoms with van der Waals surface area (Å²) in [5.74, 6) is 0. The molecule has 0 unspecified atom stereocenters. The van der Waals surface area contributed by atoms with Gasteiger partial charge in [0.15, 0.2) is 0 Å². The summed E-state index contributed by atoms with van der Waals surface area (Å²) in [7, 11) is 0. The van der Waals surface area contributed by atoms with Crippen molar-refractivity contribution in [3.8, 4) is 39.3 Å². The second-order valence-electron chi connectivity index (χ2n) is 12.4. The van der Waals surface area contributed by atoms with E-state index in [2.05, 4.69) is 0 Å². The summed E-state index contributed by atoms with van der Waals surface area (Å²) < 4.78 is 314. The number of aromatic nitrogens is 3.